The number of amides is 1. The van der Waals surface area contributed by atoms with Crippen molar-refractivity contribution in [3.8, 4) is 5.75 Å². The molecule has 0 fully saturated rings. The predicted molar refractivity (Wildman–Crippen MR) is 113 cm³/mol. The van der Waals surface area contributed by atoms with Crippen molar-refractivity contribution in [3.63, 3.8) is 0 Å². The number of esters is 1. The summed E-state index contributed by atoms with van der Waals surface area (Å²) in [5, 5.41) is 12.7. The van der Waals surface area contributed by atoms with Gasteiger partial charge in [-0.2, -0.15) is 0 Å². The molecule has 0 unspecified atom stereocenters. The molecular formula is C22H23BF3NO6. The molecule has 0 bridgehead atoms. The highest BCUT2D eigenvalue weighted by Gasteiger charge is 2.33. The van der Waals surface area contributed by atoms with E-state index in [2.05, 4.69) is 10.1 Å². The Morgan fingerprint density at radius 1 is 1.18 bits per heavy atom. The Kier molecular flexibility index (Phi) is 7.33. The number of alkyl halides is 3. The van der Waals surface area contributed by atoms with E-state index in [1.54, 1.807) is 32.9 Å². The predicted octanol–water partition coefficient (Wildman–Crippen LogP) is 2.61. The van der Waals surface area contributed by atoms with Gasteiger partial charge < -0.3 is 24.5 Å². The first-order chi connectivity index (χ1) is 15.5. The quantitative estimate of drug-likeness (QED) is 0.483. The SMILES string of the molecule is Cc1c(C(=O)N[C@H](C(=O)OCc2ccc(OC(F)(F)F)cc2)C(C)C)ccc2c1B(O)OC2. The van der Waals surface area contributed by atoms with E-state index < -0.39 is 31.4 Å². The summed E-state index contributed by atoms with van der Waals surface area (Å²) in [6, 6.07) is 7.27. The summed E-state index contributed by atoms with van der Waals surface area (Å²) < 4.78 is 51.0. The molecule has 3 rings (SSSR count). The lowest BCUT2D eigenvalue weighted by Crippen LogP contribution is -2.46. The topological polar surface area (TPSA) is 94.1 Å². The maximum Gasteiger partial charge on any atom is 0.573 e. The van der Waals surface area contributed by atoms with E-state index in [0.29, 0.717) is 22.2 Å². The van der Waals surface area contributed by atoms with Crippen LogP contribution in [0.2, 0.25) is 0 Å². The maximum absolute atomic E-state index is 12.9. The lowest BCUT2D eigenvalue weighted by molar-refractivity contribution is -0.274. The molecule has 7 nitrogen and oxygen atoms in total. The van der Waals surface area contributed by atoms with Crippen molar-refractivity contribution in [1.29, 1.82) is 0 Å². The second-order valence-electron chi connectivity index (χ2n) is 7.97. The standard InChI is InChI=1S/C22H23BF3NO6/c1-12(2)19(21(29)31-10-14-4-7-16(8-5-14)33-22(24,25)26)27-20(28)17-9-6-15-11-32-23(30)18(15)13(17)3/h4-9,12,19,30H,10-11H2,1-3H3,(H,27,28)/t19-/m0/s1. The maximum atomic E-state index is 12.9. The molecule has 0 saturated carbocycles. The van der Waals surface area contributed by atoms with Gasteiger partial charge in [-0.15, -0.1) is 13.2 Å². The Labute approximate surface area is 189 Å². The summed E-state index contributed by atoms with van der Waals surface area (Å²) in [4.78, 5) is 25.5. The van der Waals surface area contributed by atoms with Gasteiger partial charge in [0, 0.05) is 5.56 Å². The van der Waals surface area contributed by atoms with Gasteiger partial charge in [0.15, 0.2) is 0 Å². The average Bonchev–Trinajstić information content (AvgIpc) is 3.11. The van der Waals surface area contributed by atoms with Crippen LogP contribution in [0, 0.1) is 12.8 Å². The fourth-order valence-electron chi connectivity index (χ4n) is 3.50. The highest BCUT2D eigenvalue weighted by atomic mass is 19.4. The first-order valence-electron chi connectivity index (χ1n) is 10.2. The average molecular weight is 465 g/mol. The minimum Gasteiger partial charge on any atom is -0.459 e. The van der Waals surface area contributed by atoms with Crippen LogP contribution in [0.15, 0.2) is 36.4 Å². The molecule has 1 heterocycles. The van der Waals surface area contributed by atoms with Crippen LogP contribution in [0.25, 0.3) is 0 Å². The van der Waals surface area contributed by atoms with E-state index in [9.17, 15) is 27.8 Å². The fraction of sp³-hybridized carbons (Fsp3) is 0.364. The fourth-order valence-corrected chi connectivity index (χ4v) is 3.50. The molecule has 0 saturated heterocycles. The Bertz CT molecular complexity index is 1030. The van der Waals surface area contributed by atoms with E-state index in [1.165, 1.54) is 12.1 Å². The smallest absolute Gasteiger partial charge is 0.459 e. The minimum atomic E-state index is -4.79. The third kappa shape index (κ3) is 6.05. The van der Waals surface area contributed by atoms with Crippen molar-refractivity contribution < 1.29 is 41.9 Å². The van der Waals surface area contributed by atoms with Crippen LogP contribution in [-0.2, 0) is 27.4 Å². The third-order valence-corrected chi connectivity index (χ3v) is 5.24. The third-order valence-electron chi connectivity index (χ3n) is 5.24. The van der Waals surface area contributed by atoms with E-state index in [4.69, 9.17) is 9.39 Å². The zero-order valence-electron chi connectivity index (χ0n) is 18.2. The summed E-state index contributed by atoms with van der Waals surface area (Å²) in [6.07, 6.45) is -4.79. The largest absolute Gasteiger partial charge is 0.573 e. The first kappa shape index (κ1) is 24.6. The second-order valence-corrected chi connectivity index (χ2v) is 7.97. The Morgan fingerprint density at radius 2 is 1.85 bits per heavy atom. The van der Waals surface area contributed by atoms with Gasteiger partial charge in [0.25, 0.3) is 5.91 Å². The molecule has 1 amide bonds. The van der Waals surface area contributed by atoms with Crippen molar-refractivity contribution in [2.24, 2.45) is 5.92 Å². The van der Waals surface area contributed by atoms with Gasteiger partial charge in [-0.05, 0) is 53.2 Å². The summed E-state index contributed by atoms with van der Waals surface area (Å²) >= 11 is 0. The Balaban J connectivity index is 1.64. The lowest BCUT2D eigenvalue weighted by Gasteiger charge is -2.22. The number of carbonyl (C=O) groups is 2. The van der Waals surface area contributed by atoms with Gasteiger partial charge >= 0.3 is 19.5 Å². The van der Waals surface area contributed by atoms with Crippen LogP contribution in [0.4, 0.5) is 13.2 Å². The molecular weight excluding hydrogens is 442 g/mol. The number of nitrogens with one attached hydrogen (secondary N) is 1. The number of carbonyl (C=O) groups excluding carboxylic acids is 2. The van der Waals surface area contributed by atoms with Crippen LogP contribution in [-0.4, -0.2) is 36.4 Å². The number of halogens is 3. The first-order valence-corrected chi connectivity index (χ1v) is 10.2. The zero-order chi connectivity index (χ0) is 24.3. The van der Waals surface area contributed by atoms with Crippen molar-refractivity contribution in [2.75, 3.05) is 0 Å². The van der Waals surface area contributed by atoms with E-state index >= 15 is 0 Å². The van der Waals surface area contributed by atoms with Crippen LogP contribution < -0.4 is 15.5 Å². The summed E-state index contributed by atoms with van der Waals surface area (Å²) in [6.45, 7) is 5.24. The molecule has 0 radical (unpaired) electrons. The van der Waals surface area contributed by atoms with Crippen molar-refractivity contribution in [2.45, 2.75) is 46.4 Å². The molecule has 11 heteroatoms. The van der Waals surface area contributed by atoms with Crippen LogP contribution >= 0.6 is 0 Å². The number of benzene rings is 2. The molecule has 1 aliphatic rings. The normalized spacial score (nSPS) is 14.1. The second kappa shape index (κ2) is 9.84. The molecule has 176 valence electrons. The minimum absolute atomic E-state index is 0.189. The number of fused-ring (bicyclic) bond motifs is 1. The van der Waals surface area contributed by atoms with Gasteiger partial charge in [-0.1, -0.05) is 32.0 Å². The van der Waals surface area contributed by atoms with Crippen molar-refractivity contribution >= 4 is 24.5 Å². The van der Waals surface area contributed by atoms with E-state index in [-0.39, 0.29) is 24.9 Å². The summed E-state index contributed by atoms with van der Waals surface area (Å²) in [5.74, 6) is -1.87. The van der Waals surface area contributed by atoms with Crippen LogP contribution in [0.3, 0.4) is 0 Å². The van der Waals surface area contributed by atoms with Crippen LogP contribution in [0.5, 0.6) is 5.75 Å². The Morgan fingerprint density at radius 3 is 2.45 bits per heavy atom. The Hall–Kier alpha value is -3.05. The van der Waals surface area contributed by atoms with Crippen molar-refractivity contribution in [1.82, 2.24) is 5.32 Å². The van der Waals surface area contributed by atoms with Gasteiger partial charge in [0.1, 0.15) is 18.4 Å². The number of hydrogen-bond donors (Lipinski definition) is 2. The zero-order valence-corrected chi connectivity index (χ0v) is 18.2. The highest BCUT2D eigenvalue weighted by Crippen LogP contribution is 2.23. The van der Waals surface area contributed by atoms with Crippen molar-refractivity contribution in [3.05, 3.63) is 58.7 Å². The monoisotopic (exact) mass is 465 g/mol. The molecule has 1 aliphatic heterocycles. The lowest BCUT2D eigenvalue weighted by atomic mass is 9.75. The van der Waals surface area contributed by atoms with E-state index in [1.807, 2.05) is 0 Å². The molecule has 2 aromatic carbocycles. The molecule has 0 spiro atoms. The van der Waals surface area contributed by atoms with Gasteiger partial charge in [0.05, 0.1) is 6.61 Å². The van der Waals surface area contributed by atoms with Gasteiger partial charge in [-0.3, -0.25) is 4.79 Å². The molecule has 0 aliphatic carbocycles. The number of ether oxygens (including phenoxy) is 2. The number of hydrogen-bond acceptors (Lipinski definition) is 6. The van der Waals surface area contributed by atoms with Gasteiger partial charge in [0.2, 0.25) is 0 Å². The summed E-state index contributed by atoms with van der Waals surface area (Å²) in [7, 11) is -1.11. The van der Waals surface area contributed by atoms with E-state index in [0.717, 1.165) is 17.7 Å². The molecule has 2 N–H and O–H groups in total. The van der Waals surface area contributed by atoms with Crippen LogP contribution in [0.1, 0.15) is 40.9 Å². The highest BCUT2D eigenvalue weighted by molar-refractivity contribution is 6.62. The summed E-state index contributed by atoms with van der Waals surface area (Å²) in [5.41, 5.74) is 2.66. The molecule has 33 heavy (non-hydrogen) atoms. The molecule has 1 atom stereocenters. The van der Waals surface area contributed by atoms with Gasteiger partial charge in [-0.25, -0.2) is 4.79 Å². The molecule has 0 aromatic heterocycles. The molecule has 2 aromatic rings. The number of rotatable bonds is 7.